The predicted molar refractivity (Wildman–Crippen MR) is 85.1 cm³/mol. The van der Waals surface area contributed by atoms with E-state index in [1.807, 2.05) is 6.20 Å². The Bertz CT molecular complexity index is 410. The van der Waals surface area contributed by atoms with Crippen LogP contribution in [0, 0.1) is 10.8 Å². The van der Waals surface area contributed by atoms with Gasteiger partial charge in [0, 0.05) is 25.2 Å². The Morgan fingerprint density at radius 3 is 2.35 bits per heavy atom. The number of rotatable bonds is 5. The average molecular weight is 296 g/mol. The number of thiazole rings is 1. The minimum atomic E-state index is -0.00204. The molecule has 0 aromatic carbocycles. The molecule has 1 aliphatic carbocycles. The van der Waals surface area contributed by atoms with E-state index in [9.17, 15) is 0 Å². The second-order valence-electron chi connectivity index (χ2n) is 7.70. The van der Waals surface area contributed by atoms with Crippen LogP contribution in [0.15, 0.2) is 11.6 Å². The summed E-state index contributed by atoms with van der Waals surface area (Å²) in [5.41, 5.74) is 0.652. The Morgan fingerprint density at radius 1 is 1.20 bits per heavy atom. The van der Waals surface area contributed by atoms with Crippen LogP contribution in [0.5, 0.6) is 0 Å². The van der Waals surface area contributed by atoms with E-state index in [0.29, 0.717) is 10.8 Å². The van der Waals surface area contributed by atoms with Gasteiger partial charge in [-0.15, -0.1) is 11.3 Å². The van der Waals surface area contributed by atoms with Crippen LogP contribution in [-0.2, 0) is 10.3 Å². The first-order chi connectivity index (χ1) is 9.29. The van der Waals surface area contributed by atoms with E-state index in [1.54, 1.807) is 18.4 Å². The highest BCUT2D eigenvalue weighted by Gasteiger charge is 2.49. The van der Waals surface area contributed by atoms with Gasteiger partial charge in [0.25, 0.3) is 0 Å². The smallest absolute Gasteiger partial charge is 0.113 e. The van der Waals surface area contributed by atoms with E-state index in [1.165, 1.54) is 11.4 Å². The van der Waals surface area contributed by atoms with Crippen LogP contribution >= 0.6 is 11.3 Å². The minimum absolute atomic E-state index is 0.00204. The van der Waals surface area contributed by atoms with Gasteiger partial charge >= 0.3 is 0 Å². The molecule has 1 fully saturated rings. The van der Waals surface area contributed by atoms with Crippen molar-refractivity contribution in [2.75, 3.05) is 20.3 Å². The van der Waals surface area contributed by atoms with Crippen LogP contribution in [0.2, 0.25) is 0 Å². The normalized spacial score (nSPS) is 23.6. The fourth-order valence-electron chi connectivity index (χ4n) is 4.32. The van der Waals surface area contributed by atoms with Gasteiger partial charge in [-0.05, 0) is 30.1 Å². The molecule has 4 heteroatoms. The van der Waals surface area contributed by atoms with Crippen molar-refractivity contribution in [1.29, 1.82) is 0 Å². The molecule has 0 aliphatic heterocycles. The zero-order valence-electron chi connectivity index (χ0n) is 13.5. The topological polar surface area (TPSA) is 34.1 Å². The van der Waals surface area contributed by atoms with Crippen molar-refractivity contribution in [2.45, 2.75) is 52.5 Å². The third-order valence-corrected chi connectivity index (χ3v) is 5.11. The highest BCUT2D eigenvalue weighted by molar-refractivity contribution is 7.09. The quantitative estimate of drug-likeness (QED) is 0.839. The van der Waals surface area contributed by atoms with Crippen molar-refractivity contribution in [3.8, 4) is 0 Å². The van der Waals surface area contributed by atoms with E-state index in [0.717, 1.165) is 26.0 Å². The number of nitrogens with one attached hydrogen (secondary N) is 1. The van der Waals surface area contributed by atoms with Gasteiger partial charge < -0.3 is 10.1 Å². The summed E-state index contributed by atoms with van der Waals surface area (Å²) < 4.78 is 5.22. The number of aromatic nitrogens is 1. The van der Waals surface area contributed by atoms with E-state index in [-0.39, 0.29) is 5.54 Å². The van der Waals surface area contributed by atoms with Crippen LogP contribution in [0.4, 0.5) is 0 Å². The second-order valence-corrected chi connectivity index (χ2v) is 8.59. The third-order valence-electron chi connectivity index (χ3n) is 4.13. The summed E-state index contributed by atoms with van der Waals surface area (Å²) in [7, 11) is 1.76. The lowest BCUT2D eigenvalue weighted by molar-refractivity contribution is 0.0222. The summed E-state index contributed by atoms with van der Waals surface area (Å²) in [6.07, 6.45) is 5.47. The maximum Gasteiger partial charge on any atom is 0.113 e. The molecule has 114 valence electrons. The molecule has 0 bridgehead atoms. The Hall–Kier alpha value is -0.450. The molecule has 0 atom stereocenters. The molecule has 0 unspecified atom stereocenters. The summed E-state index contributed by atoms with van der Waals surface area (Å²) in [5, 5.41) is 7.09. The van der Waals surface area contributed by atoms with Crippen LogP contribution in [0.3, 0.4) is 0 Å². The zero-order valence-corrected chi connectivity index (χ0v) is 14.3. The fraction of sp³-hybridized carbons (Fsp3) is 0.812. The Morgan fingerprint density at radius 2 is 1.85 bits per heavy atom. The second kappa shape index (κ2) is 5.74. The van der Waals surface area contributed by atoms with Gasteiger partial charge in [-0.25, -0.2) is 4.98 Å². The van der Waals surface area contributed by atoms with Crippen molar-refractivity contribution in [3.63, 3.8) is 0 Å². The molecule has 1 aromatic heterocycles. The summed E-state index contributed by atoms with van der Waals surface area (Å²) >= 11 is 1.77. The number of nitrogens with zero attached hydrogens (tertiary/aromatic N) is 1. The van der Waals surface area contributed by atoms with E-state index in [2.05, 4.69) is 43.4 Å². The number of ether oxygens (including phenoxy) is 1. The summed E-state index contributed by atoms with van der Waals surface area (Å²) in [6, 6.07) is 0. The van der Waals surface area contributed by atoms with Crippen molar-refractivity contribution in [3.05, 3.63) is 16.6 Å². The molecule has 2 rings (SSSR count). The molecule has 1 aliphatic rings. The summed E-state index contributed by atoms with van der Waals surface area (Å²) in [6.45, 7) is 11.2. The lowest BCUT2D eigenvalue weighted by Gasteiger charge is -2.51. The first-order valence-corrected chi connectivity index (χ1v) is 8.31. The summed E-state index contributed by atoms with van der Waals surface area (Å²) in [5.74, 6) is 0. The Kier molecular flexibility index (Phi) is 4.57. The number of methoxy groups -OCH3 is 1. The maximum absolute atomic E-state index is 5.22. The average Bonchev–Trinajstić information content (AvgIpc) is 2.78. The summed E-state index contributed by atoms with van der Waals surface area (Å²) in [4.78, 5) is 4.64. The molecule has 0 spiro atoms. The van der Waals surface area contributed by atoms with Gasteiger partial charge in [0.1, 0.15) is 5.01 Å². The van der Waals surface area contributed by atoms with Gasteiger partial charge in [-0.2, -0.15) is 0 Å². The molecule has 1 aromatic rings. The molecule has 1 N–H and O–H groups in total. The van der Waals surface area contributed by atoms with Crippen LogP contribution in [0.25, 0.3) is 0 Å². The van der Waals surface area contributed by atoms with Crippen LogP contribution < -0.4 is 5.32 Å². The van der Waals surface area contributed by atoms with E-state index >= 15 is 0 Å². The molecule has 0 saturated heterocycles. The first-order valence-electron chi connectivity index (χ1n) is 7.43. The Labute approximate surface area is 127 Å². The van der Waals surface area contributed by atoms with Crippen LogP contribution in [0.1, 0.15) is 52.0 Å². The highest BCUT2D eigenvalue weighted by Crippen LogP contribution is 2.54. The van der Waals surface area contributed by atoms with Gasteiger partial charge in [0.2, 0.25) is 0 Å². The number of hydrogen-bond donors (Lipinski definition) is 1. The van der Waals surface area contributed by atoms with Crippen molar-refractivity contribution < 1.29 is 4.74 Å². The van der Waals surface area contributed by atoms with Crippen molar-refractivity contribution in [1.82, 2.24) is 10.3 Å². The standard InChI is InChI=1S/C16H28N2OS/c1-14(2)10-15(3,4)12-16(11-14,18-6-8-19-5)13-17-7-9-20-13/h7,9,18H,6,8,10-12H2,1-5H3. The third kappa shape index (κ3) is 3.60. The molecular weight excluding hydrogens is 268 g/mol. The molecule has 1 saturated carbocycles. The number of hydrogen-bond acceptors (Lipinski definition) is 4. The fourth-order valence-corrected chi connectivity index (χ4v) is 5.14. The van der Waals surface area contributed by atoms with Gasteiger partial charge in [0.05, 0.1) is 12.1 Å². The van der Waals surface area contributed by atoms with Crippen molar-refractivity contribution in [2.24, 2.45) is 10.8 Å². The monoisotopic (exact) mass is 296 g/mol. The maximum atomic E-state index is 5.22. The molecule has 0 amide bonds. The van der Waals surface area contributed by atoms with E-state index < -0.39 is 0 Å². The van der Waals surface area contributed by atoms with Gasteiger partial charge in [-0.3, -0.25) is 0 Å². The van der Waals surface area contributed by atoms with E-state index in [4.69, 9.17) is 4.74 Å². The molecule has 20 heavy (non-hydrogen) atoms. The largest absolute Gasteiger partial charge is 0.383 e. The Balaban J connectivity index is 2.30. The molecular formula is C16H28N2OS. The lowest BCUT2D eigenvalue weighted by Crippen LogP contribution is -2.53. The molecule has 0 radical (unpaired) electrons. The zero-order chi connectivity index (χ0) is 14.9. The highest BCUT2D eigenvalue weighted by atomic mass is 32.1. The van der Waals surface area contributed by atoms with Crippen molar-refractivity contribution >= 4 is 11.3 Å². The first kappa shape index (κ1) is 15.9. The predicted octanol–water partition coefficient (Wildman–Crippen LogP) is 3.81. The molecule has 3 nitrogen and oxygen atoms in total. The SMILES string of the molecule is COCCNC1(c2nccs2)CC(C)(C)CC(C)(C)C1. The van der Waals surface area contributed by atoms with Gasteiger partial charge in [0.15, 0.2) is 0 Å². The lowest BCUT2D eigenvalue weighted by atomic mass is 9.58. The van der Waals surface area contributed by atoms with Gasteiger partial charge in [-0.1, -0.05) is 27.7 Å². The molecule has 1 heterocycles. The minimum Gasteiger partial charge on any atom is -0.383 e. The van der Waals surface area contributed by atoms with Crippen LogP contribution in [-0.4, -0.2) is 25.2 Å².